The van der Waals surface area contributed by atoms with E-state index < -0.39 is 18.0 Å². The van der Waals surface area contributed by atoms with E-state index in [0.717, 1.165) is 44.5 Å². The Kier molecular flexibility index (Phi) is 5.64. The second kappa shape index (κ2) is 8.83. The number of fused-ring (bicyclic) bond motifs is 3. The number of amides is 1. The lowest BCUT2D eigenvalue weighted by Gasteiger charge is -2.27. The quantitative estimate of drug-likeness (QED) is 0.550. The molecule has 3 aromatic heterocycles. The fourth-order valence-electron chi connectivity index (χ4n) is 5.54. The van der Waals surface area contributed by atoms with Gasteiger partial charge in [-0.15, -0.1) is 0 Å². The van der Waals surface area contributed by atoms with Crippen molar-refractivity contribution in [3.8, 4) is 0 Å². The normalized spacial score (nSPS) is 26.2. The van der Waals surface area contributed by atoms with Gasteiger partial charge in [0.05, 0.1) is 36.7 Å². The van der Waals surface area contributed by atoms with Crippen LogP contribution in [0.3, 0.4) is 0 Å². The van der Waals surface area contributed by atoms with Gasteiger partial charge in [-0.25, -0.2) is 18.3 Å². The molecule has 2 saturated heterocycles. The highest BCUT2D eigenvalue weighted by Gasteiger charge is 2.39. The van der Waals surface area contributed by atoms with E-state index in [2.05, 4.69) is 25.4 Å². The lowest BCUT2D eigenvalue weighted by atomic mass is 9.86. The van der Waals surface area contributed by atoms with Gasteiger partial charge in [0.2, 0.25) is 0 Å². The van der Waals surface area contributed by atoms with Crippen LogP contribution in [-0.2, 0) is 4.74 Å². The fraction of sp³-hybridized carbons (Fsp3) is 0.565. The third kappa shape index (κ3) is 4.04. The van der Waals surface area contributed by atoms with Crippen molar-refractivity contribution in [3.05, 3.63) is 35.9 Å². The van der Waals surface area contributed by atoms with Gasteiger partial charge in [0.1, 0.15) is 11.4 Å². The summed E-state index contributed by atoms with van der Waals surface area (Å²) in [7, 11) is 0. The highest BCUT2D eigenvalue weighted by atomic mass is 19.3. The van der Waals surface area contributed by atoms with E-state index in [4.69, 9.17) is 10.5 Å². The zero-order valence-corrected chi connectivity index (χ0v) is 19.2. The Labute approximate surface area is 200 Å². The summed E-state index contributed by atoms with van der Waals surface area (Å²) in [4.78, 5) is 20.0. The Hall–Kier alpha value is -3.12. The maximum absolute atomic E-state index is 13.8. The van der Waals surface area contributed by atoms with Crippen LogP contribution in [0.4, 0.5) is 20.3 Å². The third-order valence-electron chi connectivity index (χ3n) is 7.53. The standard InChI is InChI=1S/C23H28F2N8O2/c24-21(25)20-18(11-33(30-20)14-3-1-13(8-26)2-4-14)28-23(34)17-9-27-32-6-5-19(29-22(17)32)31-10-16-7-15(31)12-35-16/h5-6,9,11,13-16,21H,1-4,7-8,10,12,26H2,(H,28,34)/t13?,14?,15-,16-/m1/s1. The average Bonchev–Trinajstić information content (AvgIpc) is 3.66. The number of carbonyl (C=O) groups is 1. The van der Waals surface area contributed by atoms with Gasteiger partial charge in [0.15, 0.2) is 11.3 Å². The van der Waals surface area contributed by atoms with Gasteiger partial charge in [-0.1, -0.05) is 0 Å². The van der Waals surface area contributed by atoms with Gasteiger partial charge in [-0.05, 0) is 50.6 Å². The van der Waals surface area contributed by atoms with Crippen molar-refractivity contribution in [2.45, 2.75) is 56.7 Å². The van der Waals surface area contributed by atoms with Crippen LogP contribution in [0.25, 0.3) is 5.65 Å². The minimum Gasteiger partial charge on any atom is -0.374 e. The van der Waals surface area contributed by atoms with Crippen LogP contribution >= 0.6 is 0 Å². The number of hydrogen-bond donors (Lipinski definition) is 2. The number of nitrogens with one attached hydrogen (secondary N) is 1. The zero-order valence-electron chi connectivity index (χ0n) is 19.2. The van der Waals surface area contributed by atoms with E-state index in [1.807, 2.05) is 6.07 Å². The number of alkyl halides is 2. The summed E-state index contributed by atoms with van der Waals surface area (Å²) < 4.78 is 36.3. The minimum absolute atomic E-state index is 0.00968. The van der Waals surface area contributed by atoms with E-state index in [9.17, 15) is 13.6 Å². The molecule has 1 aliphatic carbocycles. The van der Waals surface area contributed by atoms with Gasteiger partial charge in [-0.3, -0.25) is 9.48 Å². The van der Waals surface area contributed by atoms with Crippen LogP contribution < -0.4 is 16.0 Å². The number of nitrogens with zero attached hydrogens (tertiary/aromatic N) is 6. The van der Waals surface area contributed by atoms with Crippen molar-refractivity contribution in [2.75, 3.05) is 29.9 Å². The molecule has 0 aromatic carbocycles. The molecule has 3 aromatic rings. The number of ether oxygens (including phenoxy) is 1. The van der Waals surface area contributed by atoms with E-state index >= 15 is 0 Å². The minimum atomic E-state index is -2.81. The van der Waals surface area contributed by atoms with Gasteiger partial charge < -0.3 is 20.7 Å². The van der Waals surface area contributed by atoms with Gasteiger partial charge in [0.25, 0.3) is 12.3 Å². The molecule has 6 rings (SSSR count). The Morgan fingerprint density at radius 3 is 2.77 bits per heavy atom. The van der Waals surface area contributed by atoms with Crippen LogP contribution in [0.5, 0.6) is 0 Å². The molecule has 2 aliphatic heterocycles. The summed E-state index contributed by atoms with van der Waals surface area (Å²) >= 11 is 0. The van der Waals surface area contributed by atoms with Crippen LogP contribution in [0.1, 0.15) is 60.6 Å². The molecule has 35 heavy (non-hydrogen) atoms. The summed E-state index contributed by atoms with van der Waals surface area (Å²) in [6.45, 7) is 2.06. The summed E-state index contributed by atoms with van der Waals surface area (Å²) in [6.07, 6.45) is 6.55. The molecule has 1 saturated carbocycles. The summed E-state index contributed by atoms with van der Waals surface area (Å²) in [6, 6.07) is 2.15. The van der Waals surface area contributed by atoms with Crippen LogP contribution in [0.15, 0.2) is 24.7 Å². The van der Waals surface area contributed by atoms with Crippen molar-refractivity contribution >= 4 is 23.1 Å². The SMILES string of the molecule is NCC1CCC(n2cc(NC(=O)c3cnn4ccc(N5C[C@H]6C[C@@H]5CO6)nc34)c(C(F)F)n2)CC1. The number of hydrogen-bond acceptors (Lipinski definition) is 7. The monoisotopic (exact) mass is 486 g/mol. The molecule has 5 heterocycles. The lowest BCUT2D eigenvalue weighted by Crippen LogP contribution is -2.37. The van der Waals surface area contributed by atoms with Crippen LogP contribution in [0.2, 0.25) is 0 Å². The highest BCUT2D eigenvalue weighted by molar-refractivity contribution is 6.08. The topological polar surface area (TPSA) is 116 Å². The van der Waals surface area contributed by atoms with Crippen LogP contribution in [-0.4, -0.2) is 62.1 Å². The predicted molar refractivity (Wildman–Crippen MR) is 124 cm³/mol. The molecule has 3 N–H and O–H groups in total. The molecule has 1 amide bonds. The second-order valence-corrected chi connectivity index (χ2v) is 9.68. The molecular formula is C23H28F2N8O2. The largest absolute Gasteiger partial charge is 0.374 e. The molecular weight excluding hydrogens is 458 g/mol. The maximum Gasteiger partial charge on any atom is 0.284 e. The summed E-state index contributed by atoms with van der Waals surface area (Å²) in [5, 5.41) is 11.0. The molecule has 3 aliphatic rings. The number of nitrogens with two attached hydrogens (primary N) is 1. The molecule has 0 radical (unpaired) electrons. The maximum atomic E-state index is 13.8. The van der Waals surface area contributed by atoms with Crippen molar-refractivity contribution in [2.24, 2.45) is 11.7 Å². The van der Waals surface area contributed by atoms with Gasteiger partial charge >= 0.3 is 0 Å². The lowest BCUT2D eigenvalue weighted by molar-refractivity contribution is 0.0988. The predicted octanol–water partition coefficient (Wildman–Crippen LogP) is 2.78. The van der Waals surface area contributed by atoms with E-state index in [0.29, 0.717) is 24.7 Å². The summed E-state index contributed by atoms with van der Waals surface area (Å²) in [5.74, 6) is 0.660. The molecule has 186 valence electrons. The number of anilines is 2. The number of rotatable bonds is 6. The first kappa shape index (κ1) is 22.4. The van der Waals surface area contributed by atoms with Gasteiger partial charge in [0, 0.05) is 18.9 Å². The van der Waals surface area contributed by atoms with E-state index in [1.165, 1.54) is 16.9 Å². The fourth-order valence-corrected chi connectivity index (χ4v) is 5.54. The molecule has 0 unspecified atom stereocenters. The molecule has 12 heteroatoms. The van der Waals surface area contributed by atoms with Gasteiger partial charge in [-0.2, -0.15) is 10.2 Å². The van der Waals surface area contributed by atoms with E-state index in [-0.39, 0.29) is 29.4 Å². The average molecular weight is 487 g/mol. The van der Waals surface area contributed by atoms with Crippen molar-refractivity contribution in [1.82, 2.24) is 24.4 Å². The first-order valence-corrected chi connectivity index (χ1v) is 12.1. The molecule has 2 atom stereocenters. The first-order valence-electron chi connectivity index (χ1n) is 12.1. The Balaban J connectivity index is 1.24. The van der Waals surface area contributed by atoms with Crippen LogP contribution in [0, 0.1) is 5.92 Å². The Bertz CT molecular complexity index is 1240. The Morgan fingerprint density at radius 1 is 1.26 bits per heavy atom. The van der Waals surface area contributed by atoms with Crippen molar-refractivity contribution in [3.63, 3.8) is 0 Å². The summed E-state index contributed by atoms with van der Waals surface area (Å²) in [5.41, 5.74) is 5.93. The Morgan fingerprint density at radius 2 is 2.09 bits per heavy atom. The third-order valence-corrected chi connectivity index (χ3v) is 7.53. The van der Waals surface area contributed by atoms with Crippen molar-refractivity contribution in [1.29, 1.82) is 0 Å². The molecule has 10 nitrogen and oxygen atoms in total. The number of morpholine rings is 1. The number of aromatic nitrogens is 5. The van der Waals surface area contributed by atoms with E-state index in [1.54, 1.807) is 10.9 Å². The number of carbonyl (C=O) groups excluding carboxylic acids is 1. The second-order valence-electron chi connectivity index (χ2n) is 9.68. The first-order chi connectivity index (χ1) is 17.0. The van der Waals surface area contributed by atoms with Crippen molar-refractivity contribution < 1.29 is 18.3 Å². The number of halogens is 2. The molecule has 2 bridgehead atoms. The highest BCUT2D eigenvalue weighted by Crippen LogP contribution is 2.35. The zero-order chi connectivity index (χ0) is 24.1. The smallest absolute Gasteiger partial charge is 0.284 e. The molecule has 3 fully saturated rings. The molecule has 0 spiro atoms.